The second kappa shape index (κ2) is 5.88. The molecule has 0 fully saturated rings. The highest BCUT2D eigenvalue weighted by atomic mass is 35.5. The number of halogens is 1. The van der Waals surface area contributed by atoms with Gasteiger partial charge in [0, 0.05) is 46.0 Å². The van der Waals surface area contributed by atoms with E-state index in [0.717, 1.165) is 33.5 Å². The summed E-state index contributed by atoms with van der Waals surface area (Å²) in [6, 6.07) is 9.32. The van der Waals surface area contributed by atoms with Gasteiger partial charge in [0.05, 0.1) is 0 Å². The Morgan fingerprint density at radius 1 is 1.29 bits per heavy atom. The first-order chi connectivity index (χ1) is 11.5. The summed E-state index contributed by atoms with van der Waals surface area (Å²) in [7, 11) is -3.45. The first-order valence-electron chi connectivity index (χ1n) is 7.87. The minimum atomic E-state index is -3.45. The molecule has 0 unspecified atom stereocenters. The standard InChI is InChI=1S/C17H17ClN2O2S2/c1-2-12-4-6-17(23-12)24(21,22)20-8-7-16-14(10-20)13-9-11(18)3-5-15(13)19-16/h3-6,9,19H,2,7-8,10H2,1H3. The molecule has 126 valence electrons. The molecule has 0 atom stereocenters. The summed E-state index contributed by atoms with van der Waals surface area (Å²) in [5.74, 6) is 0. The molecule has 3 aromatic rings. The monoisotopic (exact) mass is 380 g/mol. The molecule has 7 heteroatoms. The molecule has 1 N–H and O–H groups in total. The van der Waals surface area contributed by atoms with E-state index in [9.17, 15) is 8.42 Å². The number of hydrogen-bond donors (Lipinski definition) is 1. The second-order valence-electron chi connectivity index (χ2n) is 5.93. The molecule has 1 aliphatic heterocycles. The van der Waals surface area contributed by atoms with Crippen LogP contribution in [0.25, 0.3) is 10.9 Å². The maximum absolute atomic E-state index is 13.0. The highest BCUT2D eigenvalue weighted by Crippen LogP contribution is 2.33. The van der Waals surface area contributed by atoms with Crippen molar-refractivity contribution in [1.82, 2.24) is 9.29 Å². The number of aromatic nitrogens is 1. The molecular weight excluding hydrogens is 364 g/mol. The number of hydrogen-bond acceptors (Lipinski definition) is 3. The predicted molar refractivity (Wildman–Crippen MR) is 98.3 cm³/mol. The maximum Gasteiger partial charge on any atom is 0.252 e. The molecule has 2 aromatic heterocycles. The number of benzene rings is 1. The Balaban J connectivity index is 1.73. The number of nitrogens with zero attached hydrogens (tertiary/aromatic N) is 1. The third kappa shape index (κ3) is 2.58. The molecule has 4 nitrogen and oxygen atoms in total. The minimum absolute atomic E-state index is 0.386. The SMILES string of the molecule is CCc1ccc(S(=O)(=O)N2CCc3[nH]c4ccc(Cl)cc4c3C2)s1. The number of aromatic amines is 1. The van der Waals surface area contributed by atoms with E-state index in [2.05, 4.69) is 4.98 Å². The van der Waals surface area contributed by atoms with Crippen LogP contribution in [0.4, 0.5) is 0 Å². The quantitative estimate of drug-likeness (QED) is 0.740. The average Bonchev–Trinajstić information content (AvgIpc) is 3.18. The lowest BCUT2D eigenvalue weighted by molar-refractivity contribution is 0.392. The van der Waals surface area contributed by atoms with Gasteiger partial charge in [-0.25, -0.2) is 8.42 Å². The van der Waals surface area contributed by atoms with E-state index in [1.807, 2.05) is 31.2 Å². The third-order valence-corrected chi connectivity index (χ3v) is 8.26. The van der Waals surface area contributed by atoms with Gasteiger partial charge in [-0.2, -0.15) is 4.31 Å². The number of fused-ring (bicyclic) bond motifs is 3. The van der Waals surface area contributed by atoms with Crippen LogP contribution in [0, 0.1) is 0 Å². The molecule has 0 aliphatic carbocycles. The first kappa shape index (κ1) is 16.1. The first-order valence-corrected chi connectivity index (χ1v) is 10.5. The zero-order valence-electron chi connectivity index (χ0n) is 13.2. The number of sulfonamides is 1. The van der Waals surface area contributed by atoms with Crippen LogP contribution >= 0.6 is 22.9 Å². The summed E-state index contributed by atoms with van der Waals surface area (Å²) in [6.45, 7) is 2.91. The number of thiophene rings is 1. The van der Waals surface area contributed by atoms with Crippen LogP contribution in [0.5, 0.6) is 0 Å². The fourth-order valence-corrected chi connectivity index (χ4v) is 6.21. The Kier molecular flexibility index (Phi) is 3.95. The number of nitrogens with one attached hydrogen (secondary N) is 1. The maximum atomic E-state index is 13.0. The van der Waals surface area contributed by atoms with Gasteiger partial charge in [0.2, 0.25) is 0 Å². The van der Waals surface area contributed by atoms with Crippen molar-refractivity contribution < 1.29 is 8.42 Å². The van der Waals surface area contributed by atoms with E-state index in [0.29, 0.717) is 28.7 Å². The Bertz CT molecular complexity index is 1020. The van der Waals surface area contributed by atoms with Gasteiger partial charge in [-0.15, -0.1) is 11.3 Å². The Hall–Kier alpha value is -1.34. The Morgan fingerprint density at radius 2 is 2.12 bits per heavy atom. The number of aryl methyl sites for hydroxylation is 1. The number of H-pyrrole nitrogens is 1. The van der Waals surface area contributed by atoms with Gasteiger partial charge in [-0.3, -0.25) is 0 Å². The van der Waals surface area contributed by atoms with Crippen molar-refractivity contribution in [3.8, 4) is 0 Å². The molecule has 24 heavy (non-hydrogen) atoms. The fraction of sp³-hybridized carbons (Fsp3) is 0.294. The van der Waals surface area contributed by atoms with Crippen LogP contribution in [-0.4, -0.2) is 24.3 Å². The molecule has 0 saturated carbocycles. The molecule has 0 radical (unpaired) electrons. The van der Waals surface area contributed by atoms with Crippen molar-refractivity contribution >= 4 is 43.9 Å². The van der Waals surface area contributed by atoms with Crippen LogP contribution in [0.15, 0.2) is 34.5 Å². The van der Waals surface area contributed by atoms with E-state index in [4.69, 9.17) is 11.6 Å². The molecule has 3 heterocycles. The molecule has 0 bridgehead atoms. The predicted octanol–water partition coefficient (Wildman–Crippen LogP) is 4.19. The smallest absolute Gasteiger partial charge is 0.252 e. The van der Waals surface area contributed by atoms with Crippen LogP contribution in [0.2, 0.25) is 5.02 Å². The van der Waals surface area contributed by atoms with Crippen molar-refractivity contribution in [2.45, 2.75) is 30.5 Å². The molecule has 0 amide bonds. The summed E-state index contributed by atoms with van der Waals surface area (Å²) in [4.78, 5) is 4.48. The second-order valence-corrected chi connectivity index (χ2v) is 9.70. The van der Waals surface area contributed by atoms with Crippen molar-refractivity contribution in [3.05, 3.63) is 51.5 Å². The summed E-state index contributed by atoms with van der Waals surface area (Å²) < 4.78 is 27.9. The fourth-order valence-electron chi connectivity index (χ4n) is 3.18. The summed E-state index contributed by atoms with van der Waals surface area (Å²) in [5.41, 5.74) is 3.15. The van der Waals surface area contributed by atoms with Gasteiger partial charge in [0.25, 0.3) is 10.0 Å². The highest BCUT2D eigenvalue weighted by Gasteiger charge is 2.31. The van der Waals surface area contributed by atoms with E-state index in [1.165, 1.54) is 11.3 Å². The Labute approximate surface area is 150 Å². The normalized spacial score (nSPS) is 15.8. The highest BCUT2D eigenvalue weighted by molar-refractivity contribution is 7.91. The van der Waals surface area contributed by atoms with Crippen molar-refractivity contribution in [2.75, 3.05) is 6.54 Å². The Morgan fingerprint density at radius 3 is 2.88 bits per heavy atom. The topological polar surface area (TPSA) is 53.2 Å². The summed E-state index contributed by atoms with van der Waals surface area (Å²) >= 11 is 7.48. The third-order valence-electron chi connectivity index (χ3n) is 4.48. The van der Waals surface area contributed by atoms with Crippen LogP contribution in [-0.2, 0) is 29.4 Å². The van der Waals surface area contributed by atoms with Gasteiger partial charge < -0.3 is 4.98 Å². The molecular formula is C17H17ClN2O2S2. The largest absolute Gasteiger partial charge is 0.358 e. The lowest BCUT2D eigenvalue weighted by atomic mass is 10.1. The van der Waals surface area contributed by atoms with Gasteiger partial charge in [0.15, 0.2) is 0 Å². The van der Waals surface area contributed by atoms with E-state index < -0.39 is 10.0 Å². The van der Waals surface area contributed by atoms with Gasteiger partial charge in [-0.05, 0) is 42.3 Å². The van der Waals surface area contributed by atoms with E-state index in [-0.39, 0.29) is 0 Å². The van der Waals surface area contributed by atoms with E-state index in [1.54, 1.807) is 10.4 Å². The van der Waals surface area contributed by atoms with Gasteiger partial charge >= 0.3 is 0 Å². The molecule has 4 rings (SSSR count). The lowest BCUT2D eigenvalue weighted by Crippen LogP contribution is -2.35. The molecule has 1 aromatic carbocycles. The minimum Gasteiger partial charge on any atom is -0.358 e. The van der Waals surface area contributed by atoms with Gasteiger partial charge in [-0.1, -0.05) is 18.5 Å². The van der Waals surface area contributed by atoms with Crippen molar-refractivity contribution in [2.24, 2.45) is 0 Å². The van der Waals surface area contributed by atoms with E-state index >= 15 is 0 Å². The summed E-state index contributed by atoms with van der Waals surface area (Å²) in [6.07, 6.45) is 1.54. The molecule has 0 saturated heterocycles. The van der Waals surface area contributed by atoms with Crippen molar-refractivity contribution in [3.63, 3.8) is 0 Å². The average molecular weight is 381 g/mol. The molecule has 1 aliphatic rings. The van der Waals surface area contributed by atoms with Crippen molar-refractivity contribution in [1.29, 1.82) is 0 Å². The van der Waals surface area contributed by atoms with Gasteiger partial charge in [0.1, 0.15) is 4.21 Å². The zero-order valence-corrected chi connectivity index (χ0v) is 15.6. The zero-order chi connectivity index (χ0) is 16.9. The summed E-state index contributed by atoms with van der Waals surface area (Å²) in [5, 5.41) is 1.67. The number of rotatable bonds is 3. The lowest BCUT2D eigenvalue weighted by Gasteiger charge is -2.25. The van der Waals surface area contributed by atoms with Crippen LogP contribution in [0.1, 0.15) is 23.1 Å². The van der Waals surface area contributed by atoms with Crippen LogP contribution in [0.3, 0.4) is 0 Å². The van der Waals surface area contributed by atoms with Crippen LogP contribution < -0.4 is 0 Å². The molecule has 0 spiro atoms.